The van der Waals surface area contributed by atoms with E-state index in [9.17, 15) is 13.2 Å². The first-order valence-corrected chi connectivity index (χ1v) is 9.97. The van der Waals surface area contributed by atoms with Crippen LogP contribution in [0.15, 0.2) is 23.1 Å². The van der Waals surface area contributed by atoms with Gasteiger partial charge in [-0.2, -0.15) is 0 Å². The van der Waals surface area contributed by atoms with E-state index in [0.29, 0.717) is 6.54 Å². The van der Waals surface area contributed by atoms with Crippen molar-refractivity contribution < 1.29 is 22.7 Å². The molecule has 0 bridgehead atoms. The van der Waals surface area contributed by atoms with Crippen LogP contribution in [0.2, 0.25) is 5.02 Å². The lowest BCUT2D eigenvalue weighted by molar-refractivity contribution is -0.123. The summed E-state index contributed by atoms with van der Waals surface area (Å²) in [6, 6.07) is 3.89. The summed E-state index contributed by atoms with van der Waals surface area (Å²) in [5.74, 6) is -0.0397. The Hall–Kier alpha value is -1.35. The molecule has 1 amide bonds. The number of amides is 1. The predicted molar refractivity (Wildman–Crippen MR) is 94.4 cm³/mol. The Morgan fingerprint density at radius 3 is 2.80 bits per heavy atom. The van der Waals surface area contributed by atoms with E-state index in [1.54, 1.807) is 13.8 Å². The molecule has 0 aliphatic carbocycles. The van der Waals surface area contributed by atoms with Crippen molar-refractivity contribution in [3.63, 3.8) is 0 Å². The Labute approximate surface area is 153 Å². The summed E-state index contributed by atoms with van der Waals surface area (Å²) in [6.45, 7) is 4.43. The van der Waals surface area contributed by atoms with Crippen molar-refractivity contribution in [1.29, 1.82) is 0 Å². The SMILES string of the molecule is CC(C)NS(=O)(=O)c1ccc(OCC(=O)NC[C@H]2CCCO2)c(Cl)c1. The van der Waals surface area contributed by atoms with Gasteiger partial charge in [-0.05, 0) is 44.9 Å². The zero-order valence-electron chi connectivity index (χ0n) is 14.2. The van der Waals surface area contributed by atoms with E-state index in [2.05, 4.69) is 10.0 Å². The fourth-order valence-corrected chi connectivity index (χ4v) is 3.95. The molecule has 7 nitrogen and oxygen atoms in total. The van der Waals surface area contributed by atoms with Crippen molar-refractivity contribution >= 4 is 27.5 Å². The van der Waals surface area contributed by atoms with Gasteiger partial charge in [0.1, 0.15) is 5.75 Å². The van der Waals surface area contributed by atoms with Gasteiger partial charge in [0.15, 0.2) is 6.61 Å². The molecule has 1 fully saturated rings. The van der Waals surface area contributed by atoms with Crippen molar-refractivity contribution in [1.82, 2.24) is 10.0 Å². The molecule has 25 heavy (non-hydrogen) atoms. The highest BCUT2D eigenvalue weighted by molar-refractivity contribution is 7.89. The van der Waals surface area contributed by atoms with E-state index in [1.165, 1.54) is 18.2 Å². The molecule has 0 aromatic heterocycles. The predicted octanol–water partition coefficient (Wildman–Crippen LogP) is 1.70. The topological polar surface area (TPSA) is 93.7 Å². The van der Waals surface area contributed by atoms with E-state index < -0.39 is 10.0 Å². The van der Waals surface area contributed by atoms with Gasteiger partial charge < -0.3 is 14.8 Å². The molecule has 0 saturated carbocycles. The van der Waals surface area contributed by atoms with Crippen molar-refractivity contribution in [3.8, 4) is 5.75 Å². The Bertz CT molecular complexity index is 702. The number of sulfonamides is 1. The van der Waals surface area contributed by atoms with Crippen LogP contribution in [-0.4, -0.2) is 46.2 Å². The number of carbonyl (C=O) groups excluding carboxylic acids is 1. The largest absolute Gasteiger partial charge is 0.482 e. The fourth-order valence-electron chi connectivity index (χ4n) is 2.37. The van der Waals surface area contributed by atoms with Gasteiger partial charge in [-0.1, -0.05) is 11.6 Å². The highest BCUT2D eigenvalue weighted by Crippen LogP contribution is 2.27. The summed E-state index contributed by atoms with van der Waals surface area (Å²) < 4.78 is 37.4. The number of halogens is 1. The first-order chi connectivity index (χ1) is 11.8. The maximum Gasteiger partial charge on any atom is 0.258 e. The lowest BCUT2D eigenvalue weighted by atomic mass is 10.2. The van der Waals surface area contributed by atoms with E-state index >= 15 is 0 Å². The van der Waals surface area contributed by atoms with Crippen LogP contribution in [0.1, 0.15) is 26.7 Å². The van der Waals surface area contributed by atoms with Gasteiger partial charge >= 0.3 is 0 Å². The monoisotopic (exact) mass is 390 g/mol. The van der Waals surface area contributed by atoms with Gasteiger partial charge in [0.25, 0.3) is 5.91 Å². The number of rotatable bonds is 8. The maximum atomic E-state index is 12.1. The minimum atomic E-state index is -3.63. The molecular weight excluding hydrogens is 368 g/mol. The molecular formula is C16H23ClN2O5S. The second kappa shape index (κ2) is 8.84. The molecule has 1 heterocycles. The molecule has 0 unspecified atom stereocenters. The van der Waals surface area contributed by atoms with Crippen LogP contribution in [0.3, 0.4) is 0 Å². The van der Waals surface area contributed by atoms with Gasteiger partial charge in [0.2, 0.25) is 10.0 Å². The third kappa shape index (κ3) is 6.14. The molecule has 2 rings (SSSR count). The summed E-state index contributed by atoms with van der Waals surface area (Å²) in [5, 5.41) is 2.86. The molecule has 1 aliphatic rings. The van der Waals surface area contributed by atoms with Gasteiger partial charge in [0.05, 0.1) is 16.0 Å². The molecule has 9 heteroatoms. The van der Waals surface area contributed by atoms with Crippen molar-refractivity contribution in [2.45, 2.75) is 43.7 Å². The lowest BCUT2D eigenvalue weighted by Crippen LogP contribution is -2.35. The molecule has 0 spiro atoms. The van der Waals surface area contributed by atoms with Gasteiger partial charge in [0, 0.05) is 19.2 Å². The Morgan fingerprint density at radius 1 is 1.44 bits per heavy atom. The molecule has 0 radical (unpaired) electrons. The second-order valence-electron chi connectivity index (χ2n) is 6.10. The molecule has 1 aromatic rings. The van der Waals surface area contributed by atoms with Gasteiger partial charge in [-0.25, -0.2) is 13.1 Å². The molecule has 2 N–H and O–H groups in total. The van der Waals surface area contributed by atoms with Crippen LogP contribution in [0.4, 0.5) is 0 Å². The molecule has 140 valence electrons. The summed E-state index contributed by atoms with van der Waals surface area (Å²) in [6.07, 6.45) is 2.01. The third-order valence-corrected chi connectivity index (χ3v) is 5.47. The van der Waals surface area contributed by atoms with Crippen LogP contribution in [0.5, 0.6) is 5.75 Å². The fraction of sp³-hybridized carbons (Fsp3) is 0.562. The van der Waals surface area contributed by atoms with Crippen molar-refractivity contribution in [2.75, 3.05) is 19.8 Å². The molecule has 1 aromatic carbocycles. The Balaban J connectivity index is 1.89. The quantitative estimate of drug-likeness (QED) is 0.704. The summed E-state index contributed by atoms with van der Waals surface area (Å²) in [5.41, 5.74) is 0. The molecule has 1 saturated heterocycles. The van der Waals surface area contributed by atoms with Crippen molar-refractivity contribution in [3.05, 3.63) is 23.2 Å². The summed E-state index contributed by atoms with van der Waals surface area (Å²) in [4.78, 5) is 11.8. The second-order valence-corrected chi connectivity index (χ2v) is 8.22. The molecule has 1 atom stereocenters. The Morgan fingerprint density at radius 2 is 2.20 bits per heavy atom. The van der Waals surface area contributed by atoms with Crippen LogP contribution >= 0.6 is 11.6 Å². The summed E-state index contributed by atoms with van der Waals surface area (Å²) >= 11 is 6.07. The Kier molecular flexibility index (Phi) is 7.06. The highest BCUT2D eigenvalue weighted by Gasteiger charge is 2.18. The lowest BCUT2D eigenvalue weighted by Gasteiger charge is -2.13. The highest BCUT2D eigenvalue weighted by atomic mass is 35.5. The van der Waals surface area contributed by atoms with Crippen LogP contribution in [-0.2, 0) is 19.6 Å². The van der Waals surface area contributed by atoms with E-state index in [-0.39, 0.29) is 40.3 Å². The average Bonchev–Trinajstić information content (AvgIpc) is 3.03. The number of hydrogen-bond acceptors (Lipinski definition) is 5. The first-order valence-electron chi connectivity index (χ1n) is 8.11. The standard InChI is InChI=1S/C16H23ClN2O5S/c1-11(2)19-25(21,22)13-5-6-15(14(17)8-13)24-10-16(20)18-9-12-4-3-7-23-12/h5-6,8,11-12,19H,3-4,7,9-10H2,1-2H3,(H,18,20)/t12-/m1/s1. The zero-order valence-corrected chi connectivity index (χ0v) is 15.8. The van der Waals surface area contributed by atoms with E-state index in [4.69, 9.17) is 21.1 Å². The number of benzene rings is 1. The minimum absolute atomic E-state index is 0.0429. The smallest absolute Gasteiger partial charge is 0.258 e. The molecule has 1 aliphatic heterocycles. The maximum absolute atomic E-state index is 12.1. The van der Waals surface area contributed by atoms with Gasteiger partial charge in [-0.3, -0.25) is 4.79 Å². The number of nitrogens with one attached hydrogen (secondary N) is 2. The minimum Gasteiger partial charge on any atom is -0.482 e. The zero-order chi connectivity index (χ0) is 18.4. The van der Waals surface area contributed by atoms with Crippen molar-refractivity contribution in [2.24, 2.45) is 0 Å². The van der Waals surface area contributed by atoms with Crippen LogP contribution in [0.25, 0.3) is 0 Å². The number of carbonyl (C=O) groups is 1. The van der Waals surface area contributed by atoms with Gasteiger partial charge in [-0.15, -0.1) is 0 Å². The number of ether oxygens (including phenoxy) is 2. The number of hydrogen-bond donors (Lipinski definition) is 2. The average molecular weight is 391 g/mol. The normalized spacial score (nSPS) is 17.7. The van der Waals surface area contributed by atoms with E-state index in [0.717, 1.165) is 19.4 Å². The van der Waals surface area contributed by atoms with E-state index in [1.807, 2.05) is 0 Å². The third-order valence-electron chi connectivity index (χ3n) is 3.51. The first kappa shape index (κ1) is 20.0. The summed E-state index contributed by atoms with van der Waals surface area (Å²) in [7, 11) is -3.63. The van der Waals surface area contributed by atoms with Crippen LogP contribution < -0.4 is 14.8 Å². The van der Waals surface area contributed by atoms with Crippen LogP contribution in [0, 0.1) is 0 Å².